The molecule has 1 saturated carbocycles. The van der Waals surface area contributed by atoms with Crippen molar-refractivity contribution in [3.8, 4) is 0 Å². The minimum atomic E-state index is -0.233. The van der Waals surface area contributed by atoms with E-state index in [0.29, 0.717) is 18.8 Å². The van der Waals surface area contributed by atoms with E-state index >= 15 is 0 Å². The molecule has 2 aliphatic rings. The van der Waals surface area contributed by atoms with E-state index in [-0.39, 0.29) is 5.91 Å². The van der Waals surface area contributed by atoms with Crippen LogP contribution < -0.4 is 5.32 Å². The van der Waals surface area contributed by atoms with E-state index in [4.69, 9.17) is 0 Å². The summed E-state index contributed by atoms with van der Waals surface area (Å²) in [6.07, 6.45) is 12.2. The molecular weight excluding hydrogens is 402 g/mol. The monoisotopic (exact) mass is 429 g/mol. The predicted octanol–water partition coefficient (Wildman–Crippen LogP) is 3.07. The molecule has 3 heterocycles. The number of rotatable bonds is 9. The highest BCUT2D eigenvalue weighted by molar-refractivity contribution is 5.91. The van der Waals surface area contributed by atoms with Crippen molar-refractivity contribution in [3.05, 3.63) is 70.1 Å². The van der Waals surface area contributed by atoms with Crippen molar-refractivity contribution in [1.82, 2.24) is 35.5 Å². The molecule has 8 nitrogen and oxygen atoms in total. The summed E-state index contributed by atoms with van der Waals surface area (Å²) in [5.41, 5.74) is 7.19. The smallest absolute Gasteiger partial charge is 0.273 e. The largest absolute Gasteiger partial charge is 0.346 e. The predicted molar refractivity (Wildman–Crippen MR) is 120 cm³/mol. The lowest BCUT2D eigenvalue weighted by molar-refractivity contribution is 0.0946. The van der Waals surface area contributed by atoms with Crippen LogP contribution in [0.4, 0.5) is 0 Å². The zero-order chi connectivity index (χ0) is 21.9. The molecule has 1 amide bonds. The second kappa shape index (κ2) is 8.98. The second-order valence-corrected chi connectivity index (χ2v) is 8.72. The lowest BCUT2D eigenvalue weighted by Gasteiger charge is -2.04. The SMILES string of the molecule is Cc1ccc(CNC(=O)c2cn(CCCCc3cc4c(nn3)CC(C3CC3)=C4)nn2)cn1. The average Bonchev–Trinajstić information content (AvgIpc) is 3.39. The Balaban J connectivity index is 1.06. The van der Waals surface area contributed by atoms with Crippen LogP contribution in [-0.4, -0.2) is 36.1 Å². The molecule has 1 N–H and O–H groups in total. The van der Waals surface area contributed by atoms with Crippen molar-refractivity contribution in [3.63, 3.8) is 0 Å². The number of hydrogen-bond donors (Lipinski definition) is 1. The number of amides is 1. The number of fused-ring (bicyclic) bond motifs is 1. The Kier molecular flexibility index (Phi) is 5.75. The van der Waals surface area contributed by atoms with Gasteiger partial charge in [-0.25, -0.2) is 0 Å². The van der Waals surface area contributed by atoms with Crippen LogP contribution in [0.15, 0.2) is 36.2 Å². The fraction of sp³-hybridized carbons (Fsp3) is 0.417. The summed E-state index contributed by atoms with van der Waals surface area (Å²) in [7, 11) is 0. The van der Waals surface area contributed by atoms with Gasteiger partial charge in [0.05, 0.1) is 17.6 Å². The normalized spacial score (nSPS) is 14.8. The van der Waals surface area contributed by atoms with Gasteiger partial charge in [-0.15, -0.1) is 5.10 Å². The number of allylic oxidation sites excluding steroid dienone is 1. The van der Waals surface area contributed by atoms with E-state index in [1.54, 1.807) is 17.1 Å². The number of nitrogens with zero attached hydrogens (tertiary/aromatic N) is 6. The van der Waals surface area contributed by atoms with Crippen LogP contribution in [0.5, 0.6) is 0 Å². The molecule has 0 aromatic carbocycles. The second-order valence-electron chi connectivity index (χ2n) is 8.72. The molecule has 3 aromatic heterocycles. The summed E-state index contributed by atoms with van der Waals surface area (Å²) in [6, 6.07) is 6.07. The average molecular weight is 430 g/mol. The molecule has 5 rings (SSSR count). The number of aryl methyl sites for hydroxylation is 3. The quantitative estimate of drug-likeness (QED) is 0.525. The maximum Gasteiger partial charge on any atom is 0.273 e. The fourth-order valence-electron chi connectivity index (χ4n) is 3.99. The van der Waals surface area contributed by atoms with Gasteiger partial charge in [-0.05, 0) is 68.2 Å². The number of nitrogens with one attached hydrogen (secondary N) is 1. The molecular formula is C24H27N7O. The fourth-order valence-corrected chi connectivity index (χ4v) is 3.99. The molecule has 0 atom stereocenters. The van der Waals surface area contributed by atoms with E-state index in [0.717, 1.165) is 54.2 Å². The molecule has 8 heteroatoms. The van der Waals surface area contributed by atoms with E-state index < -0.39 is 0 Å². The van der Waals surface area contributed by atoms with Gasteiger partial charge < -0.3 is 5.32 Å². The first-order valence-electron chi connectivity index (χ1n) is 11.3. The van der Waals surface area contributed by atoms with Crippen LogP contribution >= 0.6 is 0 Å². The summed E-state index contributed by atoms with van der Waals surface area (Å²) in [5.74, 6) is 0.561. The summed E-state index contributed by atoms with van der Waals surface area (Å²) in [4.78, 5) is 16.5. The van der Waals surface area contributed by atoms with Gasteiger partial charge in [0.1, 0.15) is 0 Å². The molecule has 0 saturated heterocycles. The maximum absolute atomic E-state index is 12.3. The molecule has 0 unspecified atom stereocenters. The number of unbranched alkanes of at least 4 members (excludes halogenated alkanes) is 1. The van der Waals surface area contributed by atoms with Crippen molar-refractivity contribution < 1.29 is 4.79 Å². The third-order valence-corrected chi connectivity index (χ3v) is 6.04. The first-order chi connectivity index (χ1) is 15.6. The molecule has 2 aliphatic carbocycles. The van der Waals surface area contributed by atoms with Crippen molar-refractivity contribution in [2.45, 2.75) is 58.5 Å². The van der Waals surface area contributed by atoms with Crippen LogP contribution in [0.25, 0.3) is 6.08 Å². The summed E-state index contributed by atoms with van der Waals surface area (Å²) in [5, 5.41) is 19.8. The van der Waals surface area contributed by atoms with Crippen LogP contribution in [0.1, 0.15) is 64.4 Å². The van der Waals surface area contributed by atoms with Crippen LogP contribution in [0.3, 0.4) is 0 Å². The van der Waals surface area contributed by atoms with Crippen LogP contribution in [0, 0.1) is 12.8 Å². The van der Waals surface area contributed by atoms with Gasteiger partial charge in [0.2, 0.25) is 0 Å². The molecule has 164 valence electrons. The zero-order valence-electron chi connectivity index (χ0n) is 18.3. The lowest BCUT2D eigenvalue weighted by atomic mass is 10.1. The Morgan fingerprint density at radius 3 is 2.91 bits per heavy atom. The van der Waals surface area contributed by atoms with E-state index in [2.05, 4.69) is 43.0 Å². The van der Waals surface area contributed by atoms with Crippen LogP contribution in [-0.2, 0) is 25.9 Å². The maximum atomic E-state index is 12.3. The Morgan fingerprint density at radius 1 is 1.19 bits per heavy atom. The van der Waals surface area contributed by atoms with Crippen molar-refractivity contribution in [2.24, 2.45) is 5.92 Å². The molecule has 3 aromatic rings. The minimum Gasteiger partial charge on any atom is -0.346 e. The Morgan fingerprint density at radius 2 is 2.09 bits per heavy atom. The first kappa shape index (κ1) is 20.5. The van der Waals surface area contributed by atoms with Gasteiger partial charge in [0.15, 0.2) is 5.69 Å². The third-order valence-electron chi connectivity index (χ3n) is 6.04. The van der Waals surface area contributed by atoms with Gasteiger partial charge in [-0.1, -0.05) is 22.9 Å². The van der Waals surface area contributed by atoms with Gasteiger partial charge in [-0.2, -0.15) is 10.2 Å². The Labute approximate surface area is 187 Å². The van der Waals surface area contributed by atoms with Gasteiger partial charge in [0, 0.05) is 31.4 Å². The highest BCUT2D eigenvalue weighted by atomic mass is 16.2. The highest BCUT2D eigenvalue weighted by Crippen LogP contribution is 2.41. The minimum absolute atomic E-state index is 0.233. The van der Waals surface area contributed by atoms with E-state index in [1.807, 2.05) is 19.1 Å². The first-order valence-corrected chi connectivity index (χ1v) is 11.3. The highest BCUT2D eigenvalue weighted by Gasteiger charge is 2.29. The molecule has 0 spiro atoms. The molecule has 0 aliphatic heterocycles. The summed E-state index contributed by atoms with van der Waals surface area (Å²) < 4.78 is 1.72. The van der Waals surface area contributed by atoms with Gasteiger partial charge in [-0.3, -0.25) is 14.5 Å². The van der Waals surface area contributed by atoms with Crippen molar-refractivity contribution >= 4 is 12.0 Å². The molecule has 1 fully saturated rings. The lowest BCUT2D eigenvalue weighted by Crippen LogP contribution is -2.23. The van der Waals surface area contributed by atoms with E-state index in [9.17, 15) is 4.79 Å². The number of pyridine rings is 1. The molecule has 0 radical (unpaired) electrons. The Hall–Kier alpha value is -3.42. The Bertz CT molecular complexity index is 1150. The number of carbonyl (C=O) groups is 1. The van der Waals surface area contributed by atoms with Gasteiger partial charge in [0.25, 0.3) is 5.91 Å². The number of hydrogen-bond acceptors (Lipinski definition) is 6. The van der Waals surface area contributed by atoms with Crippen molar-refractivity contribution in [2.75, 3.05) is 0 Å². The molecule has 32 heavy (non-hydrogen) atoms. The number of carbonyl (C=O) groups excluding carboxylic acids is 1. The zero-order valence-corrected chi connectivity index (χ0v) is 18.3. The standard InChI is InChI=1S/C24H27N7O/c1-16-5-6-17(13-25-16)14-26-24(32)23-15-31(30-29-23)9-3-2-4-21-11-20-10-19(18-7-8-18)12-22(20)28-27-21/h5-6,10-11,13,15,18H,2-4,7-9,12,14H2,1H3,(H,26,32). The van der Waals surface area contributed by atoms with E-state index in [1.165, 1.54) is 24.0 Å². The van der Waals surface area contributed by atoms with Gasteiger partial charge >= 0.3 is 0 Å². The summed E-state index contributed by atoms with van der Waals surface area (Å²) in [6.45, 7) is 3.06. The topological polar surface area (TPSA) is 98.5 Å². The number of aromatic nitrogens is 6. The molecule has 0 bridgehead atoms. The summed E-state index contributed by atoms with van der Waals surface area (Å²) >= 11 is 0. The van der Waals surface area contributed by atoms with Crippen LogP contribution in [0.2, 0.25) is 0 Å². The van der Waals surface area contributed by atoms with Crippen molar-refractivity contribution in [1.29, 1.82) is 0 Å². The third kappa shape index (κ3) is 4.90.